The largest absolute Gasteiger partial charge is 0.244 e. The van der Waals surface area contributed by atoms with Gasteiger partial charge in [0.05, 0.1) is 28.1 Å². The number of para-hydroxylation sites is 3. The SMILES string of the molecule is CC1(C)c2ccccc2-c2ccc(-c3nc4ccccc4nc3-c3ccc4ccc5ccc6nn(-c7ccccc7)nc6c5c4c3)cc21. The van der Waals surface area contributed by atoms with E-state index in [1.54, 1.807) is 4.80 Å². The summed E-state index contributed by atoms with van der Waals surface area (Å²) in [7, 11) is 0. The molecular formula is C43H29N5. The highest BCUT2D eigenvalue weighted by Gasteiger charge is 2.35. The van der Waals surface area contributed by atoms with Gasteiger partial charge in [-0.1, -0.05) is 111 Å². The van der Waals surface area contributed by atoms with E-state index in [0.717, 1.165) is 71.8 Å². The van der Waals surface area contributed by atoms with Gasteiger partial charge in [0.15, 0.2) is 0 Å². The molecule has 1 aliphatic rings. The smallest absolute Gasteiger partial charge is 0.122 e. The van der Waals surface area contributed by atoms with Gasteiger partial charge in [-0.15, -0.1) is 10.2 Å². The van der Waals surface area contributed by atoms with Crippen LogP contribution in [0.5, 0.6) is 0 Å². The van der Waals surface area contributed by atoms with Gasteiger partial charge in [0.1, 0.15) is 11.0 Å². The van der Waals surface area contributed by atoms with Crippen molar-refractivity contribution >= 4 is 43.6 Å². The second-order valence-electron chi connectivity index (χ2n) is 13.2. The fourth-order valence-electron chi connectivity index (χ4n) is 7.59. The maximum atomic E-state index is 5.29. The van der Waals surface area contributed by atoms with Crippen molar-refractivity contribution in [2.45, 2.75) is 19.3 Å². The number of fused-ring (bicyclic) bond motifs is 9. The Balaban J connectivity index is 1.21. The van der Waals surface area contributed by atoms with E-state index in [2.05, 4.69) is 98.8 Å². The first-order valence-corrected chi connectivity index (χ1v) is 16.3. The van der Waals surface area contributed by atoms with E-state index in [1.807, 2.05) is 54.6 Å². The van der Waals surface area contributed by atoms with Gasteiger partial charge in [-0.2, -0.15) is 4.80 Å². The molecule has 0 bridgehead atoms. The quantitative estimate of drug-likeness (QED) is 0.186. The topological polar surface area (TPSA) is 56.5 Å². The Morgan fingerprint density at radius 2 is 1.12 bits per heavy atom. The average molecular weight is 616 g/mol. The highest BCUT2D eigenvalue weighted by Crippen LogP contribution is 2.50. The second-order valence-corrected chi connectivity index (χ2v) is 13.2. The normalized spacial score (nSPS) is 13.4. The molecule has 0 N–H and O–H groups in total. The third kappa shape index (κ3) is 3.91. The Labute approximate surface area is 277 Å². The summed E-state index contributed by atoms with van der Waals surface area (Å²) in [5, 5.41) is 14.3. The van der Waals surface area contributed by atoms with Crippen LogP contribution in [0.1, 0.15) is 25.0 Å². The molecule has 5 nitrogen and oxygen atoms in total. The summed E-state index contributed by atoms with van der Waals surface area (Å²) < 4.78 is 0. The zero-order chi connectivity index (χ0) is 32.0. The molecular weight excluding hydrogens is 587 g/mol. The van der Waals surface area contributed by atoms with Crippen LogP contribution in [0.2, 0.25) is 0 Å². The lowest BCUT2D eigenvalue weighted by Gasteiger charge is -2.22. The van der Waals surface area contributed by atoms with Crippen molar-refractivity contribution in [2.24, 2.45) is 0 Å². The summed E-state index contributed by atoms with van der Waals surface area (Å²) >= 11 is 0. The highest BCUT2D eigenvalue weighted by molar-refractivity contribution is 6.19. The van der Waals surface area contributed by atoms with Crippen LogP contribution in [-0.4, -0.2) is 25.0 Å². The third-order valence-corrected chi connectivity index (χ3v) is 10.0. The van der Waals surface area contributed by atoms with Gasteiger partial charge >= 0.3 is 0 Å². The number of rotatable bonds is 3. The molecule has 0 saturated carbocycles. The summed E-state index contributed by atoms with van der Waals surface area (Å²) in [5.41, 5.74) is 13.4. The Morgan fingerprint density at radius 3 is 1.94 bits per heavy atom. The molecule has 0 atom stereocenters. The fraction of sp³-hybridized carbons (Fsp3) is 0.0698. The minimum atomic E-state index is -0.114. The van der Waals surface area contributed by atoms with Gasteiger partial charge in [-0.05, 0) is 80.9 Å². The summed E-state index contributed by atoms with van der Waals surface area (Å²) in [5.74, 6) is 0. The molecule has 0 unspecified atom stereocenters. The Morgan fingerprint density at radius 1 is 0.500 bits per heavy atom. The van der Waals surface area contributed by atoms with E-state index < -0.39 is 0 Å². The molecule has 7 aromatic carbocycles. The lowest BCUT2D eigenvalue weighted by atomic mass is 9.81. The van der Waals surface area contributed by atoms with E-state index >= 15 is 0 Å². The van der Waals surface area contributed by atoms with Crippen molar-refractivity contribution in [3.63, 3.8) is 0 Å². The third-order valence-electron chi connectivity index (χ3n) is 10.0. The van der Waals surface area contributed by atoms with Gasteiger partial charge in [-0.25, -0.2) is 9.97 Å². The summed E-state index contributed by atoms with van der Waals surface area (Å²) in [6, 6.07) is 48.9. The van der Waals surface area contributed by atoms with E-state index in [0.29, 0.717) is 0 Å². The van der Waals surface area contributed by atoms with Crippen LogP contribution < -0.4 is 0 Å². The van der Waals surface area contributed by atoms with Crippen molar-refractivity contribution in [3.8, 4) is 39.3 Å². The lowest BCUT2D eigenvalue weighted by Crippen LogP contribution is -2.15. The van der Waals surface area contributed by atoms with Crippen LogP contribution in [0.3, 0.4) is 0 Å². The Bertz CT molecular complexity index is 2760. The van der Waals surface area contributed by atoms with Crippen molar-refractivity contribution in [1.82, 2.24) is 25.0 Å². The fourth-order valence-corrected chi connectivity index (χ4v) is 7.59. The summed E-state index contributed by atoms with van der Waals surface area (Å²) in [4.78, 5) is 12.3. The zero-order valence-corrected chi connectivity index (χ0v) is 26.5. The first kappa shape index (κ1) is 27.0. The first-order chi connectivity index (χ1) is 23.5. The number of aromatic nitrogens is 5. The average Bonchev–Trinajstić information content (AvgIpc) is 3.68. The molecule has 5 heteroatoms. The molecule has 1 aliphatic carbocycles. The van der Waals surface area contributed by atoms with Gasteiger partial charge in [0, 0.05) is 21.9 Å². The molecule has 0 saturated heterocycles. The molecule has 226 valence electrons. The summed E-state index contributed by atoms with van der Waals surface area (Å²) in [6.45, 7) is 4.63. The maximum Gasteiger partial charge on any atom is 0.122 e. The molecule has 2 heterocycles. The minimum absolute atomic E-state index is 0.114. The number of benzene rings is 7. The summed E-state index contributed by atoms with van der Waals surface area (Å²) in [6.07, 6.45) is 0. The number of nitrogens with zero attached hydrogens (tertiary/aromatic N) is 5. The molecule has 0 aliphatic heterocycles. The van der Waals surface area contributed by atoms with Crippen molar-refractivity contribution in [2.75, 3.05) is 0 Å². The van der Waals surface area contributed by atoms with Crippen LogP contribution in [0, 0.1) is 0 Å². The standard InChI is InChI=1S/C43H29N5/c1-43(2)34-13-7-6-12-31(34)32-22-20-29(25-35(32)43)41-40(44-36-14-8-9-15-37(36)45-41)28-19-17-26-16-18-27-21-23-38-42(39(27)33(26)24-28)47-48(46-38)30-10-4-3-5-11-30/h3-25H,1-2H3. The minimum Gasteiger partial charge on any atom is -0.244 e. The maximum absolute atomic E-state index is 5.29. The van der Waals surface area contributed by atoms with E-state index in [4.69, 9.17) is 20.2 Å². The molecule has 2 aromatic heterocycles. The van der Waals surface area contributed by atoms with Crippen molar-refractivity contribution in [1.29, 1.82) is 0 Å². The predicted octanol–water partition coefficient (Wildman–Crippen LogP) is 10.3. The Kier molecular flexibility index (Phi) is 5.56. The van der Waals surface area contributed by atoms with Gasteiger partial charge < -0.3 is 0 Å². The lowest BCUT2D eigenvalue weighted by molar-refractivity contribution is 0.660. The molecule has 0 radical (unpaired) electrons. The molecule has 9 aromatic rings. The number of hydrogen-bond donors (Lipinski definition) is 0. The van der Waals surface area contributed by atoms with E-state index in [9.17, 15) is 0 Å². The van der Waals surface area contributed by atoms with Crippen LogP contribution in [-0.2, 0) is 5.41 Å². The van der Waals surface area contributed by atoms with Crippen LogP contribution in [0.15, 0.2) is 140 Å². The zero-order valence-electron chi connectivity index (χ0n) is 26.5. The van der Waals surface area contributed by atoms with E-state index in [1.165, 1.54) is 22.3 Å². The number of hydrogen-bond acceptors (Lipinski definition) is 4. The van der Waals surface area contributed by atoms with Crippen molar-refractivity contribution in [3.05, 3.63) is 151 Å². The van der Waals surface area contributed by atoms with Crippen LogP contribution in [0.25, 0.3) is 82.9 Å². The van der Waals surface area contributed by atoms with E-state index in [-0.39, 0.29) is 5.41 Å². The monoisotopic (exact) mass is 615 g/mol. The molecule has 0 fully saturated rings. The highest BCUT2D eigenvalue weighted by atomic mass is 15.5. The van der Waals surface area contributed by atoms with Crippen LogP contribution in [0.4, 0.5) is 0 Å². The first-order valence-electron chi connectivity index (χ1n) is 16.3. The Hall–Kier alpha value is -6.20. The molecule has 48 heavy (non-hydrogen) atoms. The molecule has 10 rings (SSSR count). The van der Waals surface area contributed by atoms with Gasteiger partial charge in [0.2, 0.25) is 0 Å². The molecule has 0 amide bonds. The van der Waals surface area contributed by atoms with Crippen molar-refractivity contribution < 1.29 is 0 Å². The van der Waals surface area contributed by atoms with Gasteiger partial charge in [0.25, 0.3) is 0 Å². The second kappa shape index (κ2) is 9.90. The molecule has 0 spiro atoms. The predicted molar refractivity (Wildman–Crippen MR) is 195 cm³/mol. The van der Waals surface area contributed by atoms with Gasteiger partial charge in [-0.3, -0.25) is 0 Å². The van der Waals surface area contributed by atoms with Crippen LogP contribution >= 0.6 is 0 Å².